The molecule has 3 N–H and O–H groups in total. The second-order valence-electron chi connectivity index (χ2n) is 2.88. The minimum absolute atomic E-state index is 0.292. The SMILES string of the molecule is COC(=O)NC(=N)NN=Cc1ccccc1Cl. The number of methoxy groups -OCH3 is 1. The van der Waals surface area contributed by atoms with Crippen molar-refractivity contribution in [2.75, 3.05) is 7.11 Å². The largest absolute Gasteiger partial charge is 0.453 e. The number of ether oxygens (including phenoxy) is 1. The predicted molar refractivity (Wildman–Crippen MR) is 65.4 cm³/mol. The molecule has 7 heteroatoms. The van der Waals surface area contributed by atoms with E-state index in [9.17, 15) is 4.79 Å². The van der Waals surface area contributed by atoms with Crippen molar-refractivity contribution in [1.82, 2.24) is 10.7 Å². The van der Waals surface area contributed by atoms with Gasteiger partial charge in [0.15, 0.2) is 0 Å². The van der Waals surface area contributed by atoms with Crippen molar-refractivity contribution in [2.45, 2.75) is 0 Å². The molecule has 0 unspecified atom stereocenters. The Bertz CT molecular complexity index is 448. The number of amides is 1. The molecule has 0 aliphatic carbocycles. The van der Waals surface area contributed by atoms with Crippen LogP contribution in [0.1, 0.15) is 5.56 Å². The third kappa shape index (κ3) is 4.52. The van der Waals surface area contributed by atoms with Crippen molar-refractivity contribution >= 4 is 29.9 Å². The van der Waals surface area contributed by atoms with Gasteiger partial charge in [0.25, 0.3) is 0 Å². The molecule has 90 valence electrons. The van der Waals surface area contributed by atoms with E-state index in [4.69, 9.17) is 17.0 Å². The lowest BCUT2D eigenvalue weighted by atomic mass is 10.2. The average molecular weight is 255 g/mol. The molecule has 17 heavy (non-hydrogen) atoms. The summed E-state index contributed by atoms with van der Waals surface area (Å²) in [5.41, 5.74) is 3.01. The van der Waals surface area contributed by atoms with E-state index in [-0.39, 0.29) is 5.96 Å². The van der Waals surface area contributed by atoms with Crippen LogP contribution in [-0.4, -0.2) is 25.4 Å². The maximum absolute atomic E-state index is 10.7. The predicted octanol–water partition coefficient (Wildman–Crippen LogP) is 1.55. The first-order valence-electron chi connectivity index (χ1n) is 4.60. The molecule has 0 aromatic heterocycles. The lowest BCUT2D eigenvalue weighted by Crippen LogP contribution is -2.37. The molecule has 6 nitrogen and oxygen atoms in total. The molecule has 0 saturated carbocycles. The molecular weight excluding hydrogens is 244 g/mol. The summed E-state index contributed by atoms with van der Waals surface area (Å²) in [7, 11) is 1.20. The lowest BCUT2D eigenvalue weighted by molar-refractivity contribution is 0.176. The normalized spacial score (nSPS) is 10.0. The average Bonchev–Trinajstić information content (AvgIpc) is 2.31. The fourth-order valence-corrected chi connectivity index (χ4v) is 1.11. The first-order valence-corrected chi connectivity index (χ1v) is 4.98. The molecule has 1 amide bonds. The van der Waals surface area contributed by atoms with Crippen molar-refractivity contribution < 1.29 is 9.53 Å². The highest BCUT2D eigenvalue weighted by atomic mass is 35.5. The summed E-state index contributed by atoms with van der Waals surface area (Å²) in [5.74, 6) is -0.292. The highest BCUT2D eigenvalue weighted by Gasteiger charge is 2.01. The minimum atomic E-state index is -0.740. The fraction of sp³-hybridized carbons (Fsp3) is 0.100. The number of guanidine groups is 1. The van der Waals surface area contributed by atoms with Gasteiger partial charge in [0, 0.05) is 10.6 Å². The zero-order valence-corrected chi connectivity index (χ0v) is 9.78. The first-order chi connectivity index (χ1) is 8.13. The van der Waals surface area contributed by atoms with E-state index in [1.807, 2.05) is 6.07 Å². The van der Waals surface area contributed by atoms with Crippen molar-refractivity contribution in [3.63, 3.8) is 0 Å². The Hall–Kier alpha value is -2.08. The number of rotatable bonds is 2. The van der Waals surface area contributed by atoms with E-state index in [2.05, 4.69) is 20.6 Å². The molecule has 0 fully saturated rings. The maximum Gasteiger partial charge on any atom is 0.413 e. The van der Waals surface area contributed by atoms with Gasteiger partial charge < -0.3 is 4.74 Å². The van der Waals surface area contributed by atoms with E-state index < -0.39 is 6.09 Å². The van der Waals surface area contributed by atoms with Gasteiger partial charge in [-0.2, -0.15) is 5.10 Å². The zero-order chi connectivity index (χ0) is 12.7. The highest BCUT2D eigenvalue weighted by Crippen LogP contribution is 2.11. The molecule has 0 radical (unpaired) electrons. The van der Waals surface area contributed by atoms with Gasteiger partial charge in [0.2, 0.25) is 5.96 Å². The van der Waals surface area contributed by atoms with Crippen LogP contribution in [0.2, 0.25) is 5.02 Å². The summed E-state index contributed by atoms with van der Waals surface area (Å²) in [6.07, 6.45) is 0.700. The Balaban J connectivity index is 2.48. The smallest absolute Gasteiger partial charge is 0.413 e. The minimum Gasteiger partial charge on any atom is -0.453 e. The quantitative estimate of drug-likeness (QED) is 0.425. The van der Waals surface area contributed by atoms with Gasteiger partial charge in [-0.05, 0) is 6.07 Å². The van der Waals surface area contributed by atoms with Crippen LogP contribution in [0.3, 0.4) is 0 Å². The highest BCUT2D eigenvalue weighted by molar-refractivity contribution is 6.33. The third-order valence-corrected chi connectivity index (χ3v) is 2.04. The number of hydrazone groups is 1. The number of halogens is 1. The molecule has 1 aromatic carbocycles. The topological polar surface area (TPSA) is 86.6 Å². The Kier molecular flexibility index (Phi) is 4.96. The van der Waals surface area contributed by atoms with Gasteiger partial charge in [-0.3, -0.25) is 10.7 Å². The van der Waals surface area contributed by atoms with Crippen molar-refractivity contribution in [2.24, 2.45) is 5.10 Å². The molecule has 0 saturated heterocycles. The fourth-order valence-electron chi connectivity index (χ4n) is 0.927. The van der Waals surface area contributed by atoms with E-state index in [1.54, 1.807) is 18.2 Å². The number of benzene rings is 1. The number of carbonyl (C=O) groups is 1. The molecule has 1 aromatic rings. The Morgan fingerprint density at radius 2 is 2.24 bits per heavy atom. The van der Waals surface area contributed by atoms with Gasteiger partial charge in [-0.25, -0.2) is 10.2 Å². The second kappa shape index (κ2) is 6.49. The van der Waals surface area contributed by atoms with Crippen LogP contribution in [0.15, 0.2) is 29.4 Å². The first kappa shape index (κ1) is 13.0. The molecule has 0 aliphatic heterocycles. The summed E-state index contributed by atoms with van der Waals surface area (Å²) in [6.45, 7) is 0. The Labute approximate surface area is 103 Å². The van der Waals surface area contributed by atoms with Crippen LogP contribution in [0, 0.1) is 5.41 Å². The van der Waals surface area contributed by atoms with Crippen LogP contribution < -0.4 is 10.7 Å². The monoisotopic (exact) mass is 254 g/mol. The molecule has 0 aliphatic rings. The maximum atomic E-state index is 10.7. The summed E-state index contributed by atoms with van der Waals surface area (Å²) in [4.78, 5) is 10.7. The summed E-state index contributed by atoms with van der Waals surface area (Å²) >= 11 is 5.88. The number of hydrogen-bond acceptors (Lipinski definition) is 4. The van der Waals surface area contributed by atoms with E-state index in [1.165, 1.54) is 13.3 Å². The van der Waals surface area contributed by atoms with Gasteiger partial charge in [0.05, 0.1) is 13.3 Å². The summed E-state index contributed by atoms with van der Waals surface area (Å²) in [5, 5.41) is 13.6. The van der Waals surface area contributed by atoms with Gasteiger partial charge in [-0.15, -0.1) is 0 Å². The Morgan fingerprint density at radius 1 is 1.53 bits per heavy atom. The zero-order valence-electron chi connectivity index (χ0n) is 9.03. The van der Waals surface area contributed by atoms with Crippen LogP contribution in [0.4, 0.5) is 4.79 Å². The molecular formula is C10H11ClN4O2. The van der Waals surface area contributed by atoms with Crippen molar-refractivity contribution in [1.29, 1.82) is 5.41 Å². The Morgan fingerprint density at radius 3 is 2.88 bits per heavy atom. The van der Waals surface area contributed by atoms with E-state index in [0.29, 0.717) is 10.6 Å². The van der Waals surface area contributed by atoms with E-state index >= 15 is 0 Å². The van der Waals surface area contributed by atoms with Crippen molar-refractivity contribution in [3.05, 3.63) is 34.9 Å². The number of nitrogens with zero attached hydrogens (tertiary/aromatic N) is 1. The van der Waals surface area contributed by atoms with Gasteiger partial charge >= 0.3 is 6.09 Å². The van der Waals surface area contributed by atoms with Gasteiger partial charge in [0.1, 0.15) is 0 Å². The molecule has 0 bridgehead atoms. The third-order valence-electron chi connectivity index (χ3n) is 1.70. The lowest BCUT2D eigenvalue weighted by Gasteiger charge is -2.03. The van der Waals surface area contributed by atoms with E-state index in [0.717, 1.165) is 0 Å². The number of alkyl carbamates (subject to hydrolysis) is 1. The van der Waals surface area contributed by atoms with Crippen LogP contribution >= 0.6 is 11.6 Å². The second-order valence-corrected chi connectivity index (χ2v) is 3.29. The molecule has 0 atom stereocenters. The number of nitrogens with one attached hydrogen (secondary N) is 3. The van der Waals surface area contributed by atoms with Crippen molar-refractivity contribution in [3.8, 4) is 0 Å². The summed E-state index contributed by atoms with van der Waals surface area (Å²) < 4.78 is 4.30. The number of carbonyl (C=O) groups excluding carboxylic acids is 1. The molecule has 0 spiro atoms. The molecule has 1 rings (SSSR count). The number of hydrogen-bond donors (Lipinski definition) is 3. The summed E-state index contributed by atoms with van der Waals surface area (Å²) in [6, 6.07) is 7.10. The van der Waals surface area contributed by atoms with Crippen LogP contribution in [0.5, 0.6) is 0 Å². The molecule has 0 heterocycles. The van der Waals surface area contributed by atoms with Crippen LogP contribution in [0.25, 0.3) is 0 Å². The van der Waals surface area contributed by atoms with Gasteiger partial charge in [-0.1, -0.05) is 29.8 Å². The van der Waals surface area contributed by atoms with Crippen LogP contribution in [-0.2, 0) is 4.74 Å². The standard InChI is InChI=1S/C10H11ClN4O2/c1-17-10(16)14-9(12)15-13-6-7-4-2-3-5-8(7)11/h2-6H,1H3,(H3,12,14,15,16).